The van der Waals surface area contributed by atoms with Crippen molar-refractivity contribution in [1.29, 1.82) is 0 Å². The SMILES string of the molecule is O=C(Nc1ccc(Br)cc1C(=O)c1ccccc1)c1cc(Cl)ccc1Cl. The summed E-state index contributed by atoms with van der Waals surface area (Å²) in [6.07, 6.45) is 0. The lowest BCUT2D eigenvalue weighted by atomic mass is 10.0. The summed E-state index contributed by atoms with van der Waals surface area (Å²) in [5.41, 5.74) is 1.53. The van der Waals surface area contributed by atoms with Crippen LogP contribution in [0.15, 0.2) is 71.2 Å². The number of carbonyl (C=O) groups is 2. The molecule has 0 radical (unpaired) electrons. The minimum atomic E-state index is -0.443. The Morgan fingerprint density at radius 1 is 0.846 bits per heavy atom. The van der Waals surface area contributed by atoms with Gasteiger partial charge in [-0.15, -0.1) is 0 Å². The molecule has 3 aromatic rings. The molecule has 0 fully saturated rings. The van der Waals surface area contributed by atoms with Crippen LogP contribution < -0.4 is 5.32 Å². The maximum atomic E-state index is 12.8. The average Bonchev–Trinajstić information content (AvgIpc) is 2.65. The highest BCUT2D eigenvalue weighted by Gasteiger charge is 2.18. The predicted octanol–water partition coefficient (Wildman–Crippen LogP) is 6.24. The Bertz CT molecular complexity index is 990. The molecule has 0 saturated carbocycles. The monoisotopic (exact) mass is 447 g/mol. The van der Waals surface area contributed by atoms with Crippen molar-refractivity contribution in [3.8, 4) is 0 Å². The molecule has 3 rings (SSSR count). The number of hydrogen-bond acceptors (Lipinski definition) is 2. The van der Waals surface area contributed by atoms with Gasteiger partial charge in [-0.2, -0.15) is 0 Å². The van der Waals surface area contributed by atoms with Crippen molar-refractivity contribution in [2.45, 2.75) is 0 Å². The Morgan fingerprint density at radius 3 is 2.31 bits per heavy atom. The zero-order valence-corrected chi connectivity index (χ0v) is 16.4. The van der Waals surface area contributed by atoms with E-state index in [-0.39, 0.29) is 16.4 Å². The molecule has 0 heterocycles. The molecule has 0 saturated heterocycles. The van der Waals surface area contributed by atoms with Crippen LogP contribution in [0.1, 0.15) is 26.3 Å². The van der Waals surface area contributed by atoms with Gasteiger partial charge >= 0.3 is 0 Å². The summed E-state index contributed by atoms with van der Waals surface area (Å²) in [6, 6.07) is 18.6. The zero-order chi connectivity index (χ0) is 18.7. The normalized spacial score (nSPS) is 10.4. The maximum Gasteiger partial charge on any atom is 0.257 e. The van der Waals surface area contributed by atoms with Gasteiger partial charge in [-0.1, -0.05) is 69.5 Å². The van der Waals surface area contributed by atoms with Gasteiger partial charge in [-0.05, 0) is 36.4 Å². The fourth-order valence-corrected chi connectivity index (χ4v) is 3.16. The molecule has 0 aliphatic rings. The lowest BCUT2D eigenvalue weighted by Gasteiger charge is -2.12. The van der Waals surface area contributed by atoms with Crippen molar-refractivity contribution in [3.63, 3.8) is 0 Å². The minimum absolute atomic E-state index is 0.195. The van der Waals surface area contributed by atoms with Crippen molar-refractivity contribution >= 4 is 56.5 Å². The summed E-state index contributed by atoms with van der Waals surface area (Å²) in [4.78, 5) is 25.4. The lowest BCUT2D eigenvalue weighted by Crippen LogP contribution is -2.15. The average molecular weight is 449 g/mol. The highest BCUT2D eigenvalue weighted by Crippen LogP contribution is 2.26. The van der Waals surface area contributed by atoms with Crippen LogP contribution in [0.2, 0.25) is 10.0 Å². The number of rotatable bonds is 4. The minimum Gasteiger partial charge on any atom is -0.321 e. The number of ketones is 1. The molecule has 0 spiro atoms. The third-order valence-corrected chi connectivity index (χ3v) is 4.74. The summed E-state index contributed by atoms with van der Waals surface area (Å²) in [6.45, 7) is 0. The number of halogens is 3. The van der Waals surface area contributed by atoms with Crippen LogP contribution in [-0.2, 0) is 0 Å². The second-order valence-corrected chi connectivity index (χ2v) is 7.22. The zero-order valence-electron chi connectivity index (χ0n) is 13.3. The molecule has 26 heavy (non-hydrogen) atoms. The van der Waals surface area contributed by atoms with E-state index in [1.807, 2.05) is 6.07 Å². The van der Waals surface area contributed by atoms with E-state index in [1.165, 1.54) is 6.07 Å². The fourth-order valence-electron chi connectivity index (χ4n) is 2.42. The molecule has 6 heteroatoms. The van der Waals surface area contributed by atoms with Crippen molar-refractivity contribution < 1.29 is 9.59 Å². The van der Waals surface area contributed by atoms with Crippen LogP contribution in [0.5, 0.6) is 0 Å². The standard InChI is InChI=1S/C20H12BrCl2NO2/c21-13-6-9-18(16(10-13)19(25)12-4-2-1-3-5-12)24-20(26)15-11-14(22)7-8-17(15)23/h1-11H,(H,24,26). The summed E-state index contributed by atoms with van der Waals surface area (Å²) in [7, 11) is 0. The van der Waals surface area contributed by atoms with E-state index in [2.05, 4.69) is 21.2 Å². The number of nitrogens with one attached hydrogen (secondary N) is 1. The number of hydrogen-bond donors (Lipinski definition) is 1. The van der Waals surface area contributed by atoms with Crippen LogP contribution in [0, 0.1) is 0 Å². The quantitative estimate of drug-likeness (QED) is 0.480. The van der Waals surface area contributed by atoms with Crippen molar-refractivity contribution in [2.24, 2.45) is 0 Å². The number of amides is 1. The maximum absolute atomic E-state index is 12.8. The van der Waals surface area contributed by atoms with E-state index in [0.717, 1.165) is 4.47 Å². The molecule has 0 aliphatic heterocycles. The van der Waals surface area contributed by atoms with Crippen LogP contribution in [0.3, 0.4) is 0 Å². The van der Waals surface area contributed by atoms with Gasteiger partial charge in [0.2, 0.25) is 0 Å². The number of anilines is 1. The van der Waals surface area contributed by atoms with Crippen LogP contribution in [0.4, 0.5) is 5.69 Å². The Morgan fingerprint density at radius 2 is 1.58 bits per heavy atom. The van der Waals surface area contributed by atoms with E-state index in [4.69, 9.17) is 23.2 Å². The van der Waals surface area contributed by atoms with Gasteiger partial charge in [0.15, 0.2) is 5.78 Å². The van der Waals surface area contributed by atoms with Gasteiger partial charge in [-0.25, -0.2) is 0 Å². The number of benzene rings is 3. The molecule has 0 aromatic heterocycles. The topological polar surface area (TPSA) is 46.2 Å². The predicted molar refractivity (Wildman–Crippen MR) is 108 cm³/mol. The van der Waals surface area contributed by atoms with Crippen molar-refractivity contribution in [1.82, 2.24) is 0 Å². The fraction of sp³-hybridized carbons (Fsp3) is 0. The van der Waals surface area contributed by atoms with E-state index in [0.29, 0.717) is 21.8 Å². The highest BCUT2D eigenvalue weighted by molar-refractivity contribution is 9.10. The second-order valence-electron chi connectivity index (χ2n) is 5.46. The van der Waals surface area contributed by atoms with Gasteiger partial charge in [0.1, 0.15) is 0 Å². The van der Waals surface area contributed by atoms with Crippen LogP contribution in [0.25, 0.3) is 0 Å². The van der Waals surface area contributed by atoms with Crippen molar-refractivity contribution in [3.05, 3.63) is 97.9 Å². The molecule has 3 aromatic carbocycles. The summed E-state index contributed by atoms with van der Waals surface area (Å²) in [5, 5.41) is 3.43. The Hall–Kier alpha value is -2.14. The summed E-state index contributed by atoms with van der Waals surface area (Å²) < 4.78 is 0.732. The largest absolute Gasteiger partial charge is 0.321 e. The molecule has 130 valence electrons. The molecule has 0 atom stereocenters. The van der Waals surface area contributed by atoms with E-state index in [9.17, 15) is 9.59 Å². The Kier molecular flexibility index (Phi) is 5.77. The first-order valence-corrected chi connectivity index (χ1v) is 9.16. The molecule has 0 aliphatic carbocycles. The van der Waals surface area contributed by atoms with Gasteiger partial charge < -0.3 is 5.32 Å². The molecule has 0 bridgehead atoms. The number of carbonyl (C=O) groups excluding carboxylic acids is 2. The smallest absolute Gasteiger partial charge is 0.257 e. The molecule has 1 amide bonds. The van der Waals surface area contributed by atoms with E-state index < -0.39 is 5.91 Å². The molecule has 1 N–H and O–H groups in total. The van der Waals surface area contributed by atoms with E-state index in [1.54, 1.807) is 54.6 Å². The molecule has 0 unspecified atom stereocenters. The summed E-state index contributed by atoms with van der Waals surface area (Å²) >= 11 is 15.4. The van der Waals surface area contributed by atoms with Gasteiger partial charge in [0.05, 0.1) is 16.3 Å². The van der Waals surface area contributed by atoms with Gasteiger partial charge in [0, 0.05) is 20.6 Å². The Labute approximate surface area is 169 Å². The second kappa shape index (κ2) is 8.04. The third kappa shape index (κ3) is 4.15. The summed E-state index contributed by atoms with van der Waals surface area (Å²) in [5.74, 6) is -0.638. The first kappa shape index (κ1) is 18.6. The van der Waals surface area contributed by atoms with Crippen LogP contribution >= 0.6 is 39.1 Å². The first-order valence-electron chi connectivity index (χ1n) is 7.61. The van der Waals surface area contributed by atoms with Crippen molar-refractivity contribution in [2.75, 3.05) is 5.32 Å². The van der Waals surface area contributed by atoms with Gasteiger partial charge in [-0.3, -0.25) is 9.59 Å². The first-order chi connectivity index (χ1) is 12.5. The Balaban J connectivity index is 1.97. The van der Waals surface area contributed by atoms with Crippen LogP contribution in [-0.4, -0.2) is 11.7 Å². The molecule has 3 nitrogen and oxygen atoms in total. The van der Waals surface area contributed by atoms with Gasteiger partial charge in [0.25, 0.3) is 5.91 Å². The molecular formula is C20H12BrCl2NO2. The molecular weight excluding hydrogens is 437 g/mol. The highest BCUT2D eigenvalue weighted by atomic mass is 79.9. The third-order valence-electron chi connectivity index (χ3n) is 3.68. The van der Waals surface area contributed by atoms with E-state index >= 15 is 0 Å². The lowest BCUT2D eigenvalue weighted by molar-refractivity contribution is 0.102.